The summed E-state index contributed by atoms with van der Waals surface area (Å²) < 4.78 is 11.0. The number of rotatable bonds is 5. The summed E-state index contributed by atoms with van der Waals surface area (Å²) in [5, 5.41) is 5.77. The number of hydrogen-bond donors (Lipinski definition) is 2. The molecule has 1 aromatic heterocycles. The fourth-order valence-electron chi connectivity index (χ4n) is 3.34. The van der Waals surface area contributed by atoms with Gasteiger partial charge in [0.15, 0.2) is 5.58 Å². The van der Waals surface area contributed by atoms with E-state index in [1.54, 1.807) is 19.2 Å². The van der Waals surface area contributed by atoms with Crippen LogP contribution in [0.5, 0.6) is 5.75 Å². The van der Waals surface area contributed by atoms with Gasteiger partial charge in [-0.05, 0) is 49.2 Å². The first-order valence-electron chi connectivity index (χ1n) is 9.04. The van der Waals surface area contributed by atoms with Gasteiger partial charge in [-0.1, -0.05) is 12.1 Å². The topological polar surface area (TPSA) is 79.6 Å². The standard InChI is InChI=1S/C20H22N4O3/c1-26-16-10-8-14(9-11-16)22-19(25)21-13-15-5-4-12-24(15)20-23-17-6-2-3-7-18(17)27-20/h2-3,6-11,15H,4-5,12-13H2,1H3,(H2,21,22,25). The second-order valence-corrected chi connectivity index (χ2v) is 6.52. The number of oxazole rings is 1. The van der Waals surface area contributed by atoms with E-state index in [0.717, 1.165) is 41.9 Å². The van der Waals surface area contributed by atoms with Crippen LogP contribution in [0.1, 0.15) is 12.8 Å². The quantitative estimate of drug-likeness (QED) is 0.721. The van der Waals surface area contributed by atoms with E-state index >= 15 is 0 Å². The monoisotopic (exact) mass is 366 g/mol. The number of hydrogen-bond acceptors (Lipinski definition) is 5. The van der Waals surface area contributed by atoms with Gasteiger partial charge in [0.1, 0.15) is 11.3 Å². The van der Waals surface area contributed by atoms with Gasteiger partial charge >= 0.3 is 6.03 Å². The molecule has 27 heavy (non-hydrogen) atoms. The first-order valence-corrected chi connectivity index (χ1v) is 9.04. The molecule has 4 rings (SSSR count). The predicted octanol–water partition coefficient (Wildman–Crippen LogP) is 3.63. The van der Waals surface area contributed by atoms with Crippen molar-refractivity contribution in [1.29, 1.82) is 0 Å². The zero-order chi connectivity index (χ0) is 18.6. The van der Waals surface area contributed by atoms with E-state index in [2.05, 4.69) is 20.5 Å². The van der Waals surface area contributed by atoms with Crippen molar-refractivity contribution in [1.82, 2.24) is 10.3 Å². The highest BCUT2D eigenvalue weighted by Gasteiger charge is 2.28. The van der Waals surface area contributed by atoms with E-state index in [1.165, 1.54) is 0 Å². The first kappa shape index (κ1) is 17.2. The molecule has 0 spiro atoms. The van der Waals surface area contributed by atoms with Gasteiger partial charge in [0.05, 0.1) is 13.2 Å². The van der Waals surface area contributed by atoms with Crippen LogP contribution >= 0.6 is 0 Å². The van der Waals surface area contributed by atoms with Crippen LogP contribution in [-0.2, 0) is 0 Å². The van der Waals surface area contributed by atoms with Crippen LogP contribution < -0.4 is 20.3 Å². The molecule has 1 aliphatic heterocycles. The van der Waals surface area contributed by atoms with Crippen molar-refractivity contribution in [2.75, 3.05) is 30.4 Å². The molecule has 3 aromatic rings. The van der Waals surface area contributed by atoms with Gasteiger partial charge in [-0.15, -0.1) is 0 Å². The average Bonchev–Trinajstić information content (AvgIpc) is 3.33. The van der Waals surface area contributed by atoms with Crippen LogP contribution in [0.4, 0.5) is 16.5 Å². The summed E-state index contributed by atoms with van der Waals surface area (Å²) in [5.74, 6) is 0.751. The molecule has 2 aromatic carbocycles. The molecular weight excluding hydrogens is 344 g/mol. The number of methoxy groups -OCH3 is 1. The number of nitrogens with one attached hydrogen (secondary N) is 2. The van der Waals surface area contributed by atoms with Crippen molar-refractivity contribution in [3.8, 4) is 5.75 Å². The van der Waals surface area contributed by atoms with Crippen LogP contribution in [0.25, 0.3) is 11.1 Å². The molecule has 2 heterocycles. The molecule has 7 nitrogen and oxygen atoms in total. The Balaban J connectivity index is 1.35. The number of anilines is 2. The molecule has 7 heteroatoms. The summed E-state index contributed by atoms with van der Waals surface area (Å²) in [6, 6.07) is 15.5. The van der Waals surface area contributed by atoms with E-state index in [-0.39, 0.29) is 12.1 Å². The highest BCUT2D eigenvalue weighted by Crippen LogP contribution is 2.28. The Labute approximate surface area is 157 Å². The number of para-hydroxylation sites is 2. The minimum absolute atomic E-state index is 0.166. The van der Waals surface area contributed by atoms with E-state index < -0.39 is 0 Å². The lowest BCUT2D eigenvalue weighted by molar-refractivity contribution is 0.251. The minimum atomic E-state index is -0.232. The number of ether oxygens (including phenoxy) is 1. The molecule has 1 aliphatic rings. The lowest BCUT2D eigenvalue weighted by Crippen LogP contribution is -2.41. The largest absolute Gasteiger partial charge is 0.497 e. The highest BCUT2D eigenvalue weighted by atomic mass is 16.5. The third-order valence-electron chi connectivity index (χ3n) is 4.75. The van der Waals surface area contributed by atoms with Gasteiger partial charge in [-0.2, -0.15) is 4.98 Å². The van der Waals surface area contributed by atoms with Crippen molar-refractivity contribution in [3.05, 3.63) is 48.5 Å². The van der Waals surface area contributed by atoms with Crippen molar-refractivity contribution >= 4 is 28.8 Å². The fraction of sp³-hybridized carbons (Fsp3) is 0.300. The Morgan fingerprint density at radius 2 is 2.07 bits per heavy atom. The first-order chi connectivity index (χ1) is 13.2. The van der Waals surface area contributed by atoms with Crippen LogP contribution in [0.3, 0.4) is 0 Å². The molecule has 0 aliphatic carbocycles. The zero-order valence-corrected chi connectivity index (χ0v) is 15.1. The van der Waals surface area contributed by atoms with Gasteiger partial charge in [0.2, 0.25) is 0 Å². The maximum Gasteiger partial charge on any atom is 0.319 e. The predicted molar refractivity (Wildman–Crippen MR) is 104 cm³/mol. The third-order valence-corrected chi connectivity index (χ3v) is 4.75. The van der Waals surface area contributed by atoms with Gasteiger partial charge in [-0.25, -0.2) is 4.79 Å². The lowest BCUT2D eigenvalue weighted by atomic mass is 10.2. The van der Waals surface area contributed by atoms with Gasteiger partial charge in [0.25, 0.3) is 6.01 Å². The number of amides is 2. The van der Waals surface area contributed by atoms with Crippen LogP contribution in [0.2, 0.25) is 0 Å². The average molecular weight is 366 g/mol. The molecule has 1 fully saturated rings. The Hall–Kier alpha value is -3.22. The number of aromatic nitrogens is 1. The number of benzene rings is 2. The van der Waals surface area contributed by atoms with E-state index in [4.69, 9.17) is 9.15 Å². The molecule has 1 atom stereocenters. The summed E-state index contributed by atoms with van der Waals surface area (Å²) >= 11 is 0. The summed E-state index contributed by atoms with van der Waals surface area (Å²) in [4.78, 5) is 18.9. The van der Waals surface area contributed by atoms with E-state index in [9.17, 15) is 4.79 Å². The molecule has 140 valence electrons. The van der Waals surface area contributed by atoms with E-state index in [1.807, 2.05) is 36.4 Å². The molecule has 0 radical (unpaired) electrons. The number of carbonyl (C=O) groups is 1. The molecule has 2 N–H and O–H groups in total. The SMILES string of the molecule is COc1ccc(NC(=O)NCC2CCCN2c2nc3ccccc3o2)cc1. The molecule has 1 saturated heterocycles. The number of urea groups is 1. The van der Waals surface area contributed by atoms with Crippen molar-refractivity contribution < 1.29 is 13.9 Å². The Morgan fingerprint density at radius 1 is 1.26 bits per heavy atom. The lowest BCUT2D eigenvalue weighted by Gasteiger charge is -2.23. The highest BCUT2D eigenvalue weighted by molar-refractivity contribution is 5.89. The van der Waals surface area contributed by atoms with Crippen LogP contribution in [0, 0.1) is 0 Å². The fourth-order valence-corrected chi connectivity index (χ4v) is 3.34. The van der Waals surface area contributed by atoms with Crippen LogP contribution in [0.15, 0.2) is 52.9 Å². The second kappa shape index (κ2) is 7.57. The summed E-state index contributed by atoms with van der Waals surface area (Å²) in [6.07, 6.45) is 2.03. The molecule has 1 unspecified atom stereocenters. The molecule has 0 saturated carbocycles. The number of nitrogens with zero attached hydrogens (tertiary/aromatic N) is 2. The zero-order valence-electron chi connectivity index (χ0n) is 15.1. The van der Waals surface area contributed by atoms with E-state index in [0.29, 0.717) is 12.6 Å². The van der Waals surface area contributed by atoms with Crippen molar-refractivity contribution in [2.24, 2.45) is 0 Å². The summed E-state index contributed by atoms with van der Waals surface area (Å²) in [7, 11) is 1.61. The maximum absolute atomic E-state index is 12.2. The molecule has 2 amide bonds. The van der Waals surface area contributed by atoms with Gasteiger partial charge < -0.3 is 24.7 Å². The smallest absolute Gasteiger partial charge is 0.319 e. The minimum Gasteiger partial charge on any atom is -0.497 e. The van der Waals surface area contributed by atoms with Crippen LogP contribution in [-0.4, -0.2) is 37.3 Å². The Kier molecular flexibility index (Phi) is 4.82. The van der Waals surface area contributed by atoms with Gasteiger partial charge in [-0.3, -0.25) is 0 Å². The number of carbonyl (C=O) groups excluding carboxylic acids is 1. The van der Waals surface area contributed by atoms with Gasteiger partial charge in [0, 0.05) is 18.8 Å². The molecular formula is C20H22N4O3. The summed E-state index contributed by atoms with van der Waals surface area (Å²) in [6.45, 7) is 1.40. The van der Waals surface area contributed by atoms with Crippen molar-refractivity contribution in [2.45, 2.75) is 18.9 Å². The number of fused-ring (bicyclic) bond motifs is 1. The third kappa shape index (κ3) is 3.81. The maximum atomic E-state index is 12.2. The summed E-state index contributed by atoms with van der Waals surface area (Å²) in [5.41, 5.74) is 2.35. The van der Waals surface area contributed by atoms with Crippen molar-refractivity contribution in [3.63, 3.8) is 0 Å². The second-order valence-electron chi connectivity index (χ2n) is 6.52. The Morgan fingerprint density at radius 3 is 2.85 bits per heavy atom. The normalized spacial score (nSPS) is 16.5. The Bertz CT molecular complexity index is 889. The molecule has 0 bridgehead atoms.